The van der Waals surface area contributed by atoms with E-state index in [4.69, 9.17) is 38.0 Å². The van der Waals surface area contributed by atoms with Crippen LogP contribution in [0.25, 0.3) is 0 Å². The van der Waals surface area contributed by atoms with Crippen LogP contribution >= 0.6 is 35.6 Å². The summed E-state index contributed by atoms with van der Waals surface area (Å²) in [6, 6.07) is 12.5. The van der Waals surface area contributed by atoms with Crippen molar-refractivity contribution in [1.82, 2.24) is 4.90 Å². The molecule has 0 fully saturated rings. The summed E-state index contributed by atoms with van der Waals surface area (Å²) in [5.74, 6) is 2.31. The number of thiocarbonyl (C=S) groups is 1. The first-order valence-electron chi connectivity index (χ1n) is 9.59. The van der Waals surface area contributed by atoms with Crippen LogP contribution < -0.4 is 14.2 Å². The Bertz CT molecular complexity index is 1070. The summed E-state index contributed by atoms with van der Waals surface area (Å²) in [6.45, 7) is 2.30. The number of benzene rings is 2. The van der Waals surface area contributed by atoms with Crippen LogP contribution in [0.1, 0.15) is 23.1 Å². The third-order valence-corrected chi connectivity index (χ3v) is 8.13. The first-order chi connectivity index (χ1) is 14.1. The van der Waals surface area contributed by atoms with Gasteiger partial charge >= 0.3 is 0 Å². The van der Waals surface area contributed by atoms with E-state index in [1.54, 1.807) is 11.8 Å². The monoisotopic (exact) mass is 443 g/mol. The number of nitrogens with zero attached hydrogens (tertiary/aromatic N) is 1. The second-order valence-electron chi connectivity index (χ2n) is 7.65. The molecule has 29 heavy (non-hydrogen) atoms. The third kappa shape index (κ3) is 2.62. The molecule has 4 aliphatic rings. The van der Waals surface area contributed by atoms with Gasteiger partial charge in [-0.15, -0.1) is 23.4 Å². The van der Waals surface area contributed by atoms with Crippen molar-refractivity contribution in [3.8, 4) is 17.2 Å². The lowest BCUT2D eigenvalue weighted by atomic mass is 9.71. The molecule has 1 spiro atoms. The Morgan fingerprint density at radius 1 is 1.10 bits per heavy atom. The Morgan fingerprint density at radius 3 is 2.76 bits per heavy atom. The zero-order valence-corrected chi connectivity index (χ0v) is 17.9. The van der Waals surface area contributed by atoms with Crippen LogP contribution in [-0.2, 0) is 12.0 Å². The molecule has 0 N–H and O–H groups in total. The maximum atomic E-state index is 6.30. The minimum Gasteiger partial charge on any atom is -0.491 e. The van der Waals surface area contributed by atoms with E-state index in [0.717, 1.165) is 47.3 Å². The number of thioether (sulfide) groups is 1. The van der Waals surface area contributed by atoms with E-state index in [9.17, 15) is 0 Å². The van der Waals surface area contributed by atoms with Crippen LogP contribution in [0.15, 0.2) is 47.4 Å². The summed E-state index contributed by atoms with van der Waals surface area (Å²) in [6.07, 6.45) is 3.13. The van der Waals surface area contributed by atoms with Crippen molar-refractivity contribution in [2.24, 2.45) is 0 Å². The van der Waals surface area contributed by atoms with Crippen molar-refractivity contribution in [2.45, 2.75) is 23.1 Å². The molecule has 7 heteroatoms. The number of allylic oxidation sites excluding steroid dienone is 1. The quantitative estimate of drug-likeness (QED) is 0.488. The Balaban J connectivity index is 1.48. The van der Waals surface area contributed by atoms with Gasteiger partial charge in [-0.05, 0) is 23.6 Å². The minimum absolute atomic E-state index is 0.125. The molecular weight excluding hydrogens is 426 g/mol. The lowest BCUT2D eigenvalue weighted by Gasteiger charge is -2.43. The number of hydrogen-bond acceptors (Lipinski definition) is 5. The number of fused-ring (bicyclic) bond motifs is 5. The molecule has 2 aromatic rings. The van der Waals surface area contributed by atoms with Crippen LogP contribution in [0.3, 0.4) is 0 Å². The maximum absolute atomic E-state index is 6.30. The summed E-state index contributed by atoms with van der Waals surface area (Å²) >= 11 is 14.2. The van der Waals surface area contributed by atoms with Crippen molar-refractivity contribution < 1.29 is 14.2 Å². The fourth-order valence-corrected chi connectivity index (χ4v) is 6.46. The van der Waals surface area contributed by atoms with E-state index in [1.807, 2.05) is 6.07 Å². The van der Waals surface area contributed by atoms with Crippen LogP contribution in [0, 0.1) is 0 Å². The fourth-order valence-electron chi connectivity index (χ4n) is 4.68. The third-order valence-electron chi connectivity index (χ3n) is 6.03. The Morgan fingerprint density at radius 2 is 1.93 bits per heavy atom. The van der Waals surface area contributed by atoms with Crippen molar-refractivity contribution in [1.29, 1.82) is 0 Å². The molecule has 2 aromatic carbocycles. The average Bonchev–Trinajstić information content (AvgIpc) is 3.44. The van der Waals surface area contributed by atoms with Crippen LogP contribution in [0.5, 0.6) is 17.2 Å². The molecule has 4 heterocycles. The van der Waals surface area contributed by atoms with Gasteiger partial charge < -0.3 is 19.1 Å². The highest BCUT2D eigenvalue weighted by Crippen LogP contribution is 2.53. The van der Waals surface area contributed by atoms with Gasteiger partial charge in [0.1, 0.15) is 17.8 Å². The molecule has 2 atom stereocenters. The van der Waals surface area contributed by atoms with Crippen molar-refractivity contribution in [2.75, 3.05) is 19.9 Å². The maximum Gasteiger partial charge on any atom is 0.231 e. The first-order valence-corrected chi connectivity index (χ1v) is 11.3. The van der Waals surface area contributed by atoms with Gasteiger partial charge in [-0.3, -0.25) is 0 Å². The number of halogens is 1. The van der Waals surface area contributed by atoms with Gasteiger partial charge in [0, 0.05) is 29.6 Å². The normalized spacial score (nSPS) is 26.4. The Kier molecular flexibility index (Phi) is 4.05. The van der Waals surface area contributed by atoms with E-state index in [0.29, 0.717) is 6.61 Å². The van der Waals surface area contributed by atoms with E-state index >= 15 is 0 Å². The molecule has 148 valence electrons. The van der Waals surface area contributed by atoms with E-state index in [-0.39, 0.29) is 11.5 Å². The lowest BCUT2D eigenvalue weighted by molar-refractivity contribution is 0.173. The van der Waals surface area contributed by atoms with Gasteiger partial charge in [-0.2, -0.15) is 0 Å². The van der Waals surface area contributed by atoms with Crippen LogP contribution in [-0.4, -0.2) is 34.5 Å². The minimum atomic E-state index is -0.495. The van der Waals surface area contributed by atoms with Gasteiger partial charge in [0.05, 0.1) is 9.70 Å². The van der Waals surface area contributed by atoms with E-state index in [1.165, 1.54) is 16.0 Å². The van der Waals surface area contributed by atoms with Gasteiger partial charge in [-0.1, -0.05) is 42.6 Å². The van der Waals surface area contributed by atoms with Crippen molar-refractivity contribution in [3.05, 3.63) is 64.1 Å². The molecule has 0 amide bonds. The molecule has 0 bridgehead atoms. The second-order valence-corrected chi connectivity index (χ2v) is 10.1. The smallest absolute Gasteiger partial charge is 0.231 e. The summed E-state index contributed by atoms with van der Waals surface area (Å²) in [5, 5.41) is 0. The number of rotatable bonds is 2. The zero-order valence-electron chi connectivity index (χ0n) is 15.5. The Labute approximate surface area is 183 Å². The molecule has 2 unspecified atom stereocenters. The van der Waals surface area contributed by atoms with Gasteiger partial charge in [0.15, 0.2) is 11.5 Å². The van der Waals surface area contributed by atoms with E-state index in [2.05, 4.69) is 41.3 Å². The topological polar surface area (TPSA) is 30.9 Å². The second kappa shape index (κ2) is 6.56. The molecule has 0 aliphatic carbocycles. The van der Waals surface area contributed by atoms with Crippen molar-refractivity contribution in [3.63, 3.8) is 0 Å². The summed E-state index contributed by atoms with van der Waals surface area (Å²) < 4.78 is 17.5. The fraction of sp³-hybridized carbons (Fsp3) is 0.318. The molecule has 4 aliphatic heterocycles. The molecule has 0 aromatic heterocycles. The summed E-state index contributed by atoms with van der Waals surface area (Å²) in [7, 11) is 0. The predicted molar refractivity (Wildman–Crippen MR) is 118 cm³/mol. The predicted octanol–water partition coefficient (Wildman–Crippen LogP) is 4.82. The number of ether oxygens (including phenoxy) is 3. The first kappa shape index (κ1) is 17.9. The number of alkyl halides is 1. The van der Waals surface area contributed by atoms with E-state index < -0.39 is 5.41 Å². The SMILES string of the molecule is S=C1N(CC2=CCC(Cl)S2)Cc2ccccc2C12COc1cc3c(cc12)OCO3. The molecule has 0 saturated heterocycles. The Hall–Kier alpha value is -1.89. The van der Waals surface area contributed by atoms with Gasteiger partial charge in [-0.25, -0.2) is 0 Å². The van der Waals surface area contributed by atoms with Crippen LogP contribution in [0.4, 0.5) is 0 Å². The average molecular weight is 444 g/mol. The molecular formula is C22H18ClNO3S2. The summed E-state index contributed by atoms with van der Waals surface area (Å²) in [5.41, 5.74) is 3.07. The lowest BCUT2D eigenvalue weighted by Crippen LogP contribution is -2.52. The largest absolute Gasteiger partial charge is 0.491 e. The standard InChI is InChI=1S/C22H18ClNO3S2/c23-20-6-5-14(29-20)10-24-9-13-3-1-2-4-15(13)22(21(24)28)11-25-17-8-19-18(7-16(17)22)26-12-27-19/h1-5,7-8,20H,6,9-12H2. The summed E-state index contributed by atoms with van der Waals surface area (Å²) in [4.78, 5) is 4.48. The molecule has 4 nitrogen and oxygen atoms in total. The highest BCUT2D eigenvalue weighted by atomic mass is 35.5. The molecule has 6 rings (SSSR count). The molecule has 0 radical (unpaired) electrons. The molecule has 0 saturated carbocycles. The number of hydrogen-bond donors (Lipinski definition) is 0. The van der Waals surface area contributed by atoms with Gasteiger partial charge in [0.25, 0.3) is 0 Å². The van der Waals surface area contributed by atoms with Crippen molar-refractivity contribution >= 4 is 40.6 Å². The highest BCUT2D eigenvalue weighted by Gasteiger charge is 2.52. The zero-order chi connectivity index (χ0) is 19.6. The van der Waals surface area contributed by atoms with Crippen LogP contribution in [0.2, 0.25) is 0 Å². The van der Waals surface area contributed by atoms with Gasteiger partial charge in [0.2, 0.25) is 6.79 Å². The highest BCUT2D eigenvalue weighted by molar-refractivity contribution is 8.05.